The first kappa shape index (κ1) is 11.9. The number of nitrogens with two attached hydrogens (primary N) is 1. The van der Waals surface area contributed by atoms with Crippen LogP contribution < -0.4 is 5.73 Å². The van der Waals surface area contributed by atoms with Gasteiger partial charge in [0.1, 0.15) is 11.6 Å². The molecule has 1 aromatic carbocycles. The molecule has 0 saturated carbocycles. The summed E-state index contributed by atoms with van der Waals surface area (Å²) in [5, 5.41) is 0.978. The number of hydrogen-bond acceptors (Lipinski definition) is 2. The summed E-state index contributed by atoms with van der Waals surface area (Å²) in [5.74, 6) is -1.11. The average molecular weight is 236 g/mol. The molecule has 0 radical (unpaired) electrons. The van der Waals surface area contributed by atoms with Crippen LogP contribution in [-0.2, 0) is 6.42 Å². The van der Waals surface area contributed by atoms with Crippen molar-refractivity contribution in [2.45, 2.75) is 19.3 Å². The van der Waals surface area contributed by atoms with E-state index in [1.807, 2.05) is 0 Å². The molecule has 90 valence electrons. The third-order valence-corrected chi connectivity index (χ3v) is 2.73. The number of benzene rings is 1. The topological polar surface area (TPSA) is 38.9 Å². The molecule has 0 amide bonds. The Kier molecular flexibility index (Phi) is 3.64. The van der Waals surface area contributed by atoms with Gasteiger partial charge >= 0.3 is 0 Å². The van der Waals surface area contributed by atoms with Crippen molar-refractivity contribution >= 4 is 10.8 Å². The molecule has 2 rings (SSSR count). The first-order chi connectivity index (χ1) is 8.22. The quantitative estimate of drug-likeness (QED) is 0.829. The van der Waals surface area contributed by atoms with E-state index in [2.05, 4.69) is 4.98 Å². The number of nitrogens with zero attached hydrogens (tertiary/aromatic N) is 1. The van der Waals surface area contributed by atoms with Crippen LogP contribution in [0.25, 0.3) is 10.8 Å². The van der Waals surface area contributed by atoms with Crippen molar-refractivity contribution in [2.24, 2.45) is 5.73 Å². The summed E-state index contributed by atoms with van der Waals surface area (Å²) in [6.07, 6.45) is 3.98. The van der Waals surface area contributed by atoms with Crippen LogP contribution in [0.15, 0.2) is 24.4 Å². The zero-order chi connectivity index (χ0) is 12.3. The molecule has 0 aliphatic carbocycles. The van der Waals surface area contributed by atoms with Crippen molar-refractivity contribution < 1.29 is 8.78 Å². The lowest BCUT2D eigenvalue weighted by molar-refractivity contribution is 0.590. The number of fused-ring (bicyclic) bond motifs is 1. The average Bonchev–Trinajstić information content (AvgIpc) is 2.28. The molecule has 0 atom stereocenters. The Bertz CT molecular complexity index is 526. The van der Waals surface area contributed by atoms with E-state index in [1.165, 1.54) is 6.07 Å². The monoisotopic (exact) mass is 236 g/mol. The van der Waals surface area contributed by atoms with E-state index in [9.17, 15) is 8.78 Å². The number of hydrogen-bond donors (Lipinski definition) is 1. The molecule has 17 heavy (non-hydrogen) atoms. The van der Waals surface area contributed by atoms with Crippen LogP contribution in [0.4, 0.5) is 8.78 Å². The number of aryl methyl sites for hydroxylation is 1. The standard InChI is InChI=1S/C13H14F2N2/c14-10-7-9-4-6-17-12(3-1-2-5-16)13(9)11(15)8-10/h4,6-8H,1-3,5,16H2. The van der Waals surface area contributed by atoms with Gasteiger partial charge in [-0.25, -0.2) is 8.78 Å². The van der Waals surface area contributed by atoms with Crippen LogP contribution in [0.5, 0.6) is 0 Å². The Labute approximate surface area is 98.5 Å². The molecule has 0 bridgehead atoms. The molecule has 0 aliphatic rings. The number of unbranched alkanes of at least 4 members (excludes halogenated alkanes) is 1. The first-order valence-corrected chi connectivity index (χ1v) is 5.65. The molecule has 0 saturated heterocycles. The molecule has 0 spiro atoms. The highest BCUT2D eigenvalue weighted by molar-refractivity contribution is 5.85. The van der Waals surface area contributed by atoms with E-state index >= 15 is 0 Å². The van der Waals surface area contributed by atoms with Gasteiger partial charge < -0.3 is 5.73 Å². The Balaban J connectivity index is 2.42. The smallest absolute Gasteiger partial charge is 0.135 e. The number of rotatable bonds is 4. The molecule has 2 N–H and O–H groups in total. The third-order valence-electron chi connectivity index (χ3n) is 2.73. The molecular weight excluding hydrogens is 222 g/mol. The molecule has 0 fully saturated rings. The predicted molar refractivity (Wildman–Crippen MR) is 63.7 cm³/mol. The van der Waals surface area contributed by atoms with Crippen molar-refractivity contribution in [3.05, 3.63) is 41.7 Å². The van der Waals surface area contributed by atoms with Gasteiger partial charge in [0.25, 0.3) is 0 Å². The van der Waals surface area contributed by atoms with Gasteiger partial charge in [0.15, 0.2) is 0 Å². The minimum atomic E-state index is -0.561. The Morgan fingerprint density at radius 3 is 2.76 bits per heavy atom. The predicted octanol–water partition coefficient (Wildman–Crippen LogP) is 2.79. The van der Waals surface area contributed by atoms with Gasteiger partial charge in [-0.15, -0.1) is 0 Å². The van der Waals surface area contributed by atoms with Crippen molar-refractivity contribution in [1.82, 2.24) is 4.98 Å². The zero-order valence-electron chi connectivity index (χ0n) is 9.42. The van der Waals surface area contributed by atoms with Crippen LogP contribution in [0, 0.1) is 11.6 Å². The lowest BCUT2D eigenvalue weighted by Crippen LogP contribution is -2.01. The maximum Gasteiger partial charge on any atom is 0.135 e. The van der Waals surface area contributed by atoms with Gasteiger partial charge in [-0.1, -0.05) is 0 Å². The molecule has 1 heterocycles. The molecule has 0 aliphatic heterocycles. The Morgan fingerprint density at radius 1 is 1.18 bits per heavy atom. The second-order valence-corrected chi connectivity index (χ2v) is 3.99. The maximum absolute atomic E-state index is 13.7. The molecule has 1 aromatic heterocycles. The van der Waals surface area contributed by atoms with E-state index < -0.39 is 11.6 Å². The van der Waals surface area contributed by atoms with Crippen molar-refractivity contribution in [1.29, 1.82) is 0 Å². The molecule has 2 nitrogen and oxygen atoms in total. The van der Waals surface area contributed by atoms with Crippen LogP contribution in [0.1, 0.15) is 18.5 Å². The van der Waals surface area contributed by atoms with Gasteiger partial charge in [-0.2, -0.15) is 0 Å². The Morgan fingerprint density at radius 2 is 2.00 bits per heavy atom. The van der Waals surface area contributed by atoms with Gasteiger partial charge in [-0.05, 0) is 43.3 Å². The lowest BCUT2D eigenvalue weighted by atomic mass is 10.1. The molecule has 0 unspecified atom stereocenters. The SMILES string of the molecule is NCCCCc1nccc2cc(F)cc(F)c12. The highest BCUT2D eigenvalue weighted by Gasteiger charge is 2.09. The molecule has 2 aromatic rings. The van der Waals surface area contributed by atoms with Crippen molar-refractivity contribution in [3.63, 3.8) is 0 Å². The molecule has 4 heteroatoms. The summed E-state index contributed by atoms with van der Waals surface area (Å²) < 4.78 is 26.8. The number of halogens is 2. The zero-order valence-corrected chi connectivity index (χ0v) is 9.42. The van der Waals surface area contributed by atoms with Crippen LogP contribution >= 0.6 is 0 Å². The normalized spacial score (nSPS) is 11.0. The second-order valence-electron chi connectivity index (χ2n) is 3.99. The van der Waals surface area contributed by atoms with Crippen LogP contribution in [0.3, 0.4) is 0 Å². The van der Waals surface area contributed by atoms with Crippen LogP contribution in [0.2, 0.25) is 0 Å². The fraction of sp³-hybridized carbons (Fsp3) is 0.308. The van der Waals surface area contributed by atoms with E-state index in [0.717, 1.165) is 18.9 Å². The van der Waals surface area contributed by atoms with Crippen molar-refractivity contribution in [3.8, 4) is 0 Å². The van der Waals surface area contributed by atoms with E-state index in [4.69, 9.17) is 5.73 Å². The largest absolute Gasteiger partial charge is 0.330 e. The summed E-state index contributed by atoms with van der Waals surface area (Å²) in [4.78, 5) is 4.17. The Hall–Kier alpha value is -1.55. The molecular formula is C13H14F2N2. The van der Waals surface area contributed by atoms with Crippen molar-refractivity contribution in [2.75, 3.05) is 6.54 Å². The lowest BCUT2D eigenvalue weighted by Gasteiger charge is -2.06. The minimum absolute atomic E-state index is 0.422. The fourth-order valence-corrected chi connectivity index (χ4v) is 1.93. The number of aromatic nitrogens is 1. The summed E-state index contributed by atoms with van der Waals surface area (Å²) in [5.41, 5.74) is 6.09. The second kappa shape index (κ2) is 5.19. The van der Waals surface area contributed by atoms with Gasteiger partial charge in [0, 0.05) is 17.6 Å². The van der Waals surface area contributed by atoms with Gasteiger partial charge in [-0.3, -0.25) is 4.98 Å². The summed E-state index contributed by atoms with van der Waals surface area (Å²) in [7, 11) is 0. The summed E-state index contributed by atoms with van der Waals surface area (Å²) >= 11 is 0. The van der Waals surface area contributed by atoms with E-state index in [-0.39, 0.29) is 0 Å². The number of pyridine rings is 1. The maximum atomic E-state index is 13.7. The van der Waals surface area contributed by atoms with Gasteiger partial charge in [0.2, 0.25) is 0 Å². The summed E-state index contributed by atoms with van der Waals surface area (Å²) in [6, 6.07) is 3.84. The first-order valence-electron chi connectivity index (χ1n) is 5.65. The highest BCUT2D eigenvalue weighted by atomic mass is 19.1. The van der Waals surface area contributed by atoms with E-state index in [0.29, 0.717) is 29.4 Å². The minimum Gasteiger partial charge on any atom is -0.330 e. The summed E-state index contributed by atoms with van der Waals surface area (Å²) in [6.45, 7) is 0.613. The fourth-order valence-electron chi connectivity index (χ4n) is 1.93. The highest BCUT2D eigenvalue weighted by Crippen LogP contribution is 2.23. The van der Waals surface area contributed by atoms with Gasteiger partial charge in [0.05, 0.1) is 5.69 Å². The van der Waals surface area contributed by atoms with E-state index in [1.54, 1.807) is 12.3 Å². The third kappa shape index (κ3) is 2.58. The van der Waals surface area contributed by atoms with Crippen LogP contribution in [-0.4, -0.2) is 11.5 Å².